The third-order valence-electron chi connectivity index (χ3n) is 2.48. The molecule has 5 heteroatoms. The Morgan fingerprint density at radius 1 is 1.31 bits per heavy atom. The molecule has 0 aromatic heterocycles. The van der Waals surface area contributed by atoms with E-state index in [9.17, 15) is 8.78 Å². The van der Waals surface area contributed by atoms with Crippen molar-refractivity contribution in [3.63, 3.8) is 0 Å². The molecule has 0 radical (unpaired) electrons. The highest BCUT2D eigenvalue weighted by atomic mass is 19.3. The van der Waals surface area contributed by atoms with E-state index in [1.165, 1.54) is 0 Å². The molecule has 3 nitrogen and oxygen atoms in total. The van der Waals surface area contributed by atoms with Gasteiger partial charge < -0.3 is 9.47 Å². The van der Waals surface area contributed by atoms with Crippen LogP contribution in [0.25, 0.3) is 0 Å². The van der Waals surface area contributed by atoms with Crippen molar-refractivity contribution in [2.24, 2.45) is 0 Å². The smallest absolute Gasteiger partial charge is 0.251 e. The molecule has 1 spiro atoms. The van der Waals surface area contributed by atoms with Crippen molar-refractivity contribution in [1.82, 2.24) is 4.90 Å². The Kier molecular flexibility index (Phi) is 2.49. The van der Waals surface area contributed by atoms with Crippen LogP contribution in [-0.2, 0) is 9.47 Å². The minimum absolute atomic E-state index is 0.172. The second kappa shape index (κ2) is 3.48. The third-order valence-corrected chi connectivity index (χ3v) is 2.48. The van der Waals surface area contributed by atoms with Crippen LogP contribution in [0.3, 0.4) is 0 Å². The molecule has 0 aliphatic carbocycles. The minimum atomic E-state index is -2.27. The molecule has 0 unspecified atom stereocenters. The molecule has 76 valence electrons. The van der Waals surface area contributed by atoms with Crippen molar-refractivity contribution < 1.29 is 18.3 Å². The van der Waals surface area contributed by atoms with Crippen LogP contribution in [0.1, 0.15) is 6.42 Å². The molecule has 2 aliphatic rings. The van der Waals surface area contributed by atoms with E-state index in [1.807, 2.05) is 0 Å². The van der Waals surface area contributed by atoms with Crippen LogP contribution < -0.4 is 0 Å². The van der Waals surface area contributed by atoms with Crippen LogP contribution in [-0.4, -0.2) is 50.0 Å². The molecule has 0 aromatic rings. The molecule has 0 atom stereocenters. The van der Waals surface area contributed by atoms with Crippen LogP contribution >= 0.6 is 0 Å². The lowest BCUT2D eigenvalue weighted by molar-refractivity contribution is -0.146. The number of ether oxygens (including phenoxy) is 2. The Labute approximate surface area is 75.6 Å². The van der Waals surface area contributed by atoms with Gasteiger partial charge in [-0.15, -0.1) is 0 Å². The van der Waals surface area contributed by atoms with Gasteiger partial charge in [0.2, 0.25) is 0 Å². The van der Waals surface area contributed by atoms with E-state index in [1.54, 1.807) is 4.90 Å². The Morgan fingerprint density at radius 3 is 2.62 bits per heavy atom. The fourth-order valence-corrected chi connectivity index (χ4v) is 1.91. The highest BCUT2D eigenvalue weighted by molar-refractivity contribution is 4.86. The molecule has 2 heterocycles. The van der Waals surface area contributed by atoms with E-state index >= 15 is 0 Å². The van der Waals surface area contributed by atoms with Gasteiger partial charge in [0.25, 0.3) is 6.43 Å². The van der Waals surface area contributed by atoms with Gasteiger partial charge >= 0.3 is 0 Å². The molecule has 13 heavy (non-hydrogen) atoms. The molecule has 0 bridgehead atoms. The molecule has 2 fully saturated rings. The number of likely N-dealkylation sites (tertiary alicyclic amines) is 1. The number of alkyl halides is 2. The first-order valence-electron chi connectivity index (χ1n) is 4.49. The standard InChI is InChI=1S/C8H13F2NO2/c9-7(10)5-11-2-1-8(6-11)12-3-4-13-8/h7H,1-6H2. The molecule has 0 amide bonds. The van der Waals surface area contributed by atoms with Crippen LogP contribution in [0, 0.1) is 0 Å². The largest absolute Gasteiger partial charge is 0.346 e. The number of hydrogen-bond acceptors (Lipinski definition) is 3. The Hall–Kier alpha value is -0.260. The minimum Gasteiger partial charge on any atom is -0.346 e. The molecule has 0 saturated carbocycles. The van der Waals surface area contributed by atoms with Gasteiger partial charge in [-0.2, -0.15) is 0 Å². The predicted molar refractivity (Wildman–Crippen MR) is 41.7 cm³/mol. The molecule has 2 aliphatic heterocycles. The summed E-state index contributed by atoms with van der Waals surface area (Å²) >= 11 is 0. The zero-order valence-corrected chi connectivity index (χ0v) is 7.34. The Balaban J connectivity index is 1.86. The normalized spacial score (nSPS) is 27.9. The van der Waals surface area contributed by atoms with Gasteiger partial charge in [-0.25, -0.2) is 8.78 Å². The maximum Gasteiger partial charge on any atom is 0.251 e. The summed E-state index contributed by atoms with van der Waals surface area (Å²) < 4.78 is 34.9. The maximum atomic E-state index is 12.0. The molecule has 2 rings (SSSR count). The van der Waals surface area contributed by atoms with Gasteiger partial charge in [0, 0.05) is 13.0 Å². The first-order valence-corrected chi connectivity index (χ1v) is 4.49. The van der Waals surface area contributed by atoms with E-state index in [2.05, 4.69) is 0 Å². The molecule has 0 aromatic carbocycles. The van der Waals surface area contributed by atoms with Crippen molar-refractivity contribution in [2.45, 2.75) is 18.6 Å². The SMILES string of the molecule is FC(F)CN1CCC2(C1)OCCO2. The average Bonchev–Trinajstić information content (AvgIpc) is 2.63. The van der Waals surface area contributed by atoms with Gasteiger partial charge in [-0.3, -0.25) is 4.90 Å². The second-order valence-corrected chi connectivity index (χ2v) is 3.48. The summed E-state index contributed by atoms with van der Waals surface area (Å²) in [6.07, 6.45) is -1.56. The van der Waals surface area contributed by atoms with E-state index < -0.39 is 12.2 Å². The number of nitrogens with zero attached hydrogens (tertiary/aromatic N) is 1. The van der Waals surface area contributed by atoms with Crippen LogP contribution in [0.15, 0.2) is 0 Å². The number of halogens is 2. The fraction of sp³-hybridized carbons (Fsp3) is 1.00. The van der Waals surface area contributed by atoms with Crippen molar-refractivity contribution >= 4 is 0 Å². The van der Waals surface area contributed by atoms with Crippen LogP contribution in [0.2, 0.25) is 0 Å². The van der Waals surface area contributed by atoms with Crippen LogP contribution in [0.5, 0.6) is 0 Å². The lowest BCUT2D eigenvalue weighted by Crippen LogP contribution is -2.35. The van der Waals surface area contributed by atoms with Crippen LogP contribution in [0.4, 0.5) is 8.78 Å². The lowest BCUT2D eigenvalue weighted by Gasteiger charge is -2.22. The first kappa shape index (κ1) is 9.30. The topological polar surface area (TPSA) is 21.7 Å². The van der Waals surface area contributed by atoms with Crippen molar-refractivity contribution in [3.05, 3.63) is 0 Å². The number of rotatable bonds is 2. The van der Waals surface area contributed by atoms with Crippen molar-refractivity contribution in [1.29, 1.82) is 0 Å². The summed E-state index contributed by atoms with van der Waals surface area (Å²) in [7, 11) is 0. The van der Waals surface area contributed by atoms with Crippen molar-refractivity contribution in [3.8, 4) is 0 Å². The van der Waals surface area contributed by atoms with Crippen molar-refractivity contribution in [2.75, 3.05) is 32.8 Å². The average molecular weight is 193 g/mol. The first-order chi connectivity index (χ1) is 6.20. The summed E-state index contributed by atoms with van der Waals surface area (Å²) in [5, 5.41) is 0. The Morgan fingerprint density at radius 2 is 2.00 bits per heavy atom. The van der Waals surface area contributed by atoms with E-state index in [0.717, 1.165) is 0 Å². The van der Waals surface area contributed by atoms with E-state index in [-0.39, 0.29) is 6.54 Å². The fourth-order valence-electron chi connectivity index (χ4n) is 1.91. The van der Waals surface area contributed by atoms with Gasteiger partial charge in [-0.1, -0.05) is 0 Å². The van der Waals surface area contributed by atoms with E-state index in [0.29, 0.717) is 32.7 Å². The van der Waals surface area contributed by atoms with E-state index in [4.69, 9.17) is 9.47 Å². The lowest BCUT2D eigenvalue weighted by atomic mass is 10.2. The summed E-state index contributed by atoms with van der Waals surface area (Å²) in [5.74, 6) is -0.561. The van der Waals surface area contributed by atoms with Gasteiger partial charge in [-0.05, 0) is 0 Å². The second-order valence-electron chi connectivity index (χ2n) is 3.48. The molecule has 0 N–H and O–H groups in total. The third kappa shape index (κ3) is 1.98. The van der Waals surface area contributed by atoms with Gasteiger partial charge in [0.05, 0.1) is 26.3 Å². The number of hydrogen-bond donors (Lipinski definition) is 0. The molecule has 2 saturated heterocycles. The summed E-state index contributed by atoms with van der Waals surface area (Å²) in [6.45, 7) is 2.13. The maximum absolute atomic E-state index is 12.0. The summed E-state index contributed by atoms with van der Waals surface area (Å²) in [6, 6.07) is 0. The molecular weight excluding hydrogens is 180 g/mol. The predicted octanol–water partition coefficient (Wildman–Crippen LogP) is 0.700. The quantitative estimate of drug-likeness (QED) is 0.644. The highest BCUT2D eigenvalue weighted by Gasteiger charge is 2.43. The highest BCUT2D eigenvalue weighted by Crippen LogP contribution is 2.30. The molecular formula is C8H13F2NO2. The Bertz CT molecular complexity index is 183. The van der Waals surface area contributed by atoms with Gasteiger partial charge in [0.15, 0.2) is 5.79 Å². The summed E-state index contributed by atoms with van der Waals surface area (Å²) in [5.41, 5.74) is 0. The zero-order valence-electron chi connectivity index (χ0n) is 7.34. The monoisotopic (exact) mass is 193 g/mol. The summed E-state index contributed by atoms with van der Waals surface area (Å²) in [4.78, 5) is 1.69. The van der Waals surface area contributed by atoms with Gasteiger partial charge in [0.1, 0.15) is 0 Å². The zero-order chi connectivity index (χ0) is 9.31.